The normalized spacial score (nSPS) is 15.1. The summed E-state index contributed by atoms with van der Waals surface area (Å²) in [6.45, 7) is 3.55. The van der Waals surface area contributed by atoms with Crippen molar-refractivity contribution >= 4 is 11.6 Å². The fraction of sp³-hybridized carbons (Fsp3) is 0.259. The van der Waals surface area contributed by atoms with Crippen molar-refractivity contribution in [1.82, 2.24) is 24.1 Å². The minimum Gasteiger partial charge on any atom is -0.454 e. The van der Waals surface area contributed by atoms with Crippen molar-refractivity contribution < 1.29 is 19.2 Å². The van der Waals surface area contributed by atoms with Crippen molar-refractivity contribution in [2.24, 2.45) is 7.05 Å². The Morgan fingerprint density at radius 3 is 2.58 bits per heavy atom. The van der Waals surface area contributed by atoms with Gasteiger partial charge in [0.2, 0.25) is 6.79 Å². The summed E-state index contributed by atoms with van der Waals surface area (Å²) in [7, 11) is 1.91. The maximum absolute atomic E-state index is 13.7. The van der Waals surface area contributed by atoms with Gasteiger partial charge in [0, 0.05) is 58.1 Å². The monoisotopic (exact) mass is 514 g/mol. The first-order valence-electron chi connectivity index (χ1n) is 12.3. The van der Waals surface area contributed by atoms with E-state index in [1.807, 2.05) is 53.0 Å². The highest BCUT2D eigenvalue weighted by atomic mass is 16.7. The minimum atomic E-state index is -0.452. The van der Waals surface area contributed by atoms with E-state index in [4.69, 9.17) is 14.6 Å². The van der Waals surface area contributed by atoms with Crippen molar-refractivity contribution in [3.63, 3.8) is 0 Å². The van der Waals surface area contributed by atoms with Gasteiger partial charge in [-0.3, -0.25) is 19.8 Å². The van der Waals surface area contributed by atoms with Crippen LogP contribution in [0.4, 0.5) is 5.69 Å². The number of hydrogen-bond acceptors (Lipinski definition) is 7. The number of carbonyl (C=O) groups is 1. The van der Waals surface area contributed by atoms with Crippen LogP contribution < -0.4 is 9.47 Å². The largest absolute Gasteiger partial charge is 0.454 e. The number of nitrogens with zero attached hydrogens (tertiary/aromatic N) is 6. The topological polar surface area (TPSA) is 108 Å². The zero-order valence-electron chi connectivity index (χ0n) is 20.8. The second-order valence-electron chi connectivity index (χ2n) is 9.36. The minimum absolute atomic E-state index is 0.0612. The number of non-ortho nitro benzene ring substituents is 1. The van der Waals surface area contributed by atoms with Gasteiger partial charge in [0.1, 0.15) is 11.4 Å². The average molecular weight is 515 g/mol. The van der Waals surface area contributed by atoms with Crippen LogP contribution in [0.3, 0.4) is 0 Å². The molecule has 0 radical (unpaired) electrons. The fourth-order valence-electron chi connectivity index (χ4n) is 4.89. The number of fused-ring (bicyclic) bond motifs is 1. The van der Waals surface area contributed by atoms with Crippen LogP contribution in [-0.2, 0) is 13.6 Å². The molecule has 4 aromatic rings. The van der Waals surface area contributed by atoms with Gasteiger partial charge in [0.05, 0.1) is 16.3 Å². The Hall–Kier alpha value is -4.64. The van der Waals surface area contributed by atoms with Gasteiger partial charge < -0.3 is 18.9 Å². The number of aromatic nitrogens is 3. The highest BCUT2D eigenvalue weighted by Crippen LogP contribution is 2.33. The molecule has 0 bridgehead atoms. The third-order valence-corrected chi connectivity index (χ3v) is 6.92. The lowest BCUT2D eigenvalue weighted by Crippen LogP contribution is -2.48. The zero-order chi connectivity index (χ0) is 26.2. The van der Waals surface area contributed by atoms with Crippen LogP contribution in [0.15, 0.2) is 66.9 Å². The number of rotatable bonds is 6. The Balaban J connectivity index is 1.23. The van der Waals surface area contributed by atoms with E-state index in [0.717, 1.165) is 42.4 Å². The summed E-state index contributed by atoms with van der Waals surface area (Å²) in [5.74, 6) is 1.37. The molecule has 11 heteroatoms. The van der Waals surface area contributed by atoms with Crippen LogP contribution in [0.1, 0.15) is 16.1 Å². The van der Waals surface area contributed by atoms with E-state index in [9.17, 15) is 14.9 Å². The standard InChI is InChI=1S/C27H26N6O5/c1-29-9-3-6-23(29)22-16-24(32(28-22)20-4-2-5-21(15-20)33(35)36)27(34)31-12-10-30(11-13-31)17-19-7-8-25-26(14-19)38-18-37-25/h2-9,14-16H,10-13,17-18H2,1H3. The Morgan fingerprint density at radius 1 is 1.00 bits per heavy atom. The molecule has 1 saturated heterocycles. The Labute approximate surface area is 218 Å². The first-order chi connectivity index (χ1) is 18.5. The molecule has 2 aliphatic rings. The van der Waals surface area contributed by atoms with Crippen LogP contribution in [0.2, 0.25) is 0 Å². The Morgan fingerprint density at radius 2 is 1.82 bits per heavy atom. The number of benzene rings is 2. The number of hydrogen-bond donors (Lipinski definition) is 0. The van der Waals surface area contributed by atoms with Gasteiger partial charge in [0.25, 0.3) is 11.6 Å². The van der Waals surface area contributed by atoms with Crippen LogP contribution in [-0.4, -0.2) is 67.9 Å². The molecule has 2 aromatic heterocycles. The molecule has 1 fully saturated rings. The third kappa shape index (κ3) is 4.48. The lowest BCUT2D eigenvalue weighted by atomic mass is 10.1. The molecule has 0 atom stereocenters. The molecule has 0 spiro atoms. The SMILES string of the molecule is Cn1cccc1-c1cc(C(=O)N2CCN(Cc3ccc4c(c3)OCO4)CC2)n(-c2cccc([N+](=O)[O-])c2)n1. The molecule has 0 N–H and O–H groups in total. The van der Waals surface area contributed by atoms with E-state index in [1.54, 1.807) is 18.2 Å². The summed E-state index contributed by atoms with van der Waals surface area (Å²) in [6, 6.07) is 17.7. The number of carbonyl (C=O) groups excluding carboxylic acids is 1. The van der Waals surface area contributed by atoms with Crippen LogP contribution in [0.25, 0.3) is 17.1 Å². The second-order valence-corrected chi connectivity index (χ2v) is 9.36. The van der Waals surface area contributed by atoms with Crippen molar-refractivity contribution in [3.05, 3.63) is 88.2 Å². The molecule has 0 unspecified atom stereocenters. The molecular formula is C27H26N6O5. The zero-order valence-corrected chi connectivity index (χ0v) is 20.8. The van der Waals surface area contributed by atoms with Crippen molar-refractivity contribution in [3.8, 4) is 28.6 Å². The van der Waals surface area contributed by atoms with E-state index >= 15 is 0 Å². The molecule has 1 amide bonds. The second kappa shape index (κ2) is 9.67. The van der Waals surface area contributed by atoms with E-state index < -0.39 is 4.92 Å². The molecule has 194 valence electrons. The number of nitro groups is 1. The smallest absolute Gasteiger partial charge is 0.272 e. The van der Waals surface area contributed by atoms with Crippen LogP contribution >= 0.6 is 0 Å². The van der Waals surface area contributed by atoms with Gasteiger partial charge in [-0.1, -0.05) is 12.1 Å². The van der Waals surface area contributed by atoms with E-state index in [1.165, 1.54) is 16.8 Å². The molecule has 6 rings (SSSR count). The van der Waals surface area contributed by atoms with Gasteiger partial charge in [0.15, 0.2) is 11.5 Å². The highest BCUT2D eigenvalue weighted by molar-refractivity contribution is 5.94. The quantitative estimate of drug-likeness (QED) is 0.286. The molecule has 0 aliphatic carbocycles. The van der Waals surface area contributed by atoms with E-state index in [2.05, 4.69) is 4.90 Å². The maximum atomic E-state index is 13.7. The van der Waals surface area contributed by atoms with Gasteiger partial charge in [-0.25, -0.2) is 4.68 Å². The molecule has 2 aliphatic heterocycles. The summed E-state index contributed by atoms with van der Waals surface area (Å²) in [5, 5.41) is 16.1. The van der Waals surface area contributed by atoms with E-state index in [0.29, 0.717) is 30.2 Å². The number of piperazine rings is 1. The fourth-order valence-corrected chi connectivity index (χ4v) is 4.89. The summed E-state index contributed by atoms with van der Waals surface area (Å²) < 4.78 is 14.3. The molecule has 2 aromatic carbocycles. The average Bonchev–Trinajstić information content (AvgIpc) is 3.68. The first-order valence-corrected chi connectivity index (χ1v) is 12.3. The third-order valence-electron chi connectivity index (χ3n) is 6.92. The van der Waals surface area contributed by atoms with Crippen LogP contribution in [0.5, 0.6) is 11.5 Å². The summed E-state index contributed by atoms with van der Waals surface area (Å²) in [5.41, 5.74) is 3.36. The van der Waals surface area contributed by atoms with Gasteiger partial charge in [-0.2, -0.15) is 5.10 Å². The van der Waals surface area contributed by atoms with Crippen molar-refractivity contribution in [1.29, 1.82) is 0 Å². The molecule has 11 nitrogen and oxygen atoms in total. The molecule has 0 saturated carbocycles. The van der Waals surface area contributed by atoms with Gasteiger partial charge in [-0.15, -0.1) is 0 Å². The number of ether oxygens (including phenoxy) is 2. The molecular weight excluding hydrogens is 488 g/mol. The van der Waals surface area contributed by atoms with Crippen molar-refractivity contribution in [2.75, 3.05) is 33.0 Å². The summed E-state index contributed by atoms with van der Waals surface area (Å²) in [4.78, 5) is 28.8. The molecule has 38 heavy (non-hydrogen) atoms. The van der Waals surface area contributed by atoms with Gasteiger partial charge in [-0.05, 0) is 42.0 Å². The predicted molar refractivity (Wildman–Crippen MR) is 138 cm³/mol. The number of nitro benzene ring substituents is 1. The lowest BCUT2D eigenvalue weighted by Gasteiger charge is -2.34. The highest BCUT2D eigenvalue weighted by Gasteiger charge is 2.27. The van der Waals surface area contributed by atoms with E-state index in [-0.39, 0.29) is 18.4 Å². The predicted octanol–water partition coefficient (Wildman–Crippen LogP) is 3.47. The number of aryl methyl sites for hydroxylation is 1. The maximum Gasteiger partial charge on any atom is 0.272 e. The van der Waals surface area contributed by atoms with Crippen molar-refractivity contribution in [2.45, 2.75) is 6.54 Å². The number of amides is 1. The van der Waals surface area contributed by atoms with Crippen LogP contribution in [0, 0.1) is 10.1 Å². The summed E-state index contributed by atoms with van der Waals surface area (Å²) >= 11 is 0. The first kappa shape index (κ1) is 23.7. The lowest BCUT2D eigenvalue weighted by molar-refractivity contribution is -0.384. The molecule has 4 heterocycles. The Kier molecular flexibility index (Phi) is 6.04. The van der Waals surface area contributed by atoms with Gasteiger partial charge >= 0.3 is 0 Å². The summed E-state index contributed by atoms with van der Waals surface area (Å²) in [6.07, 6.45) is 1.91. The Bertz CT molecular complexity index is 1520.